The lowest BCUT2D eigenvalue weighted by molar-refractivity contribution is 0.161. The SMILES string of the molecule is Cc1nn(-c2ccc(F)cc2)c(C)c1CNC1CCN(C(C)C)CC1. The summed E-state index contributed by atoms with van der Waals surface area (Å²) in [7, 11) is 0. The molecule has 4 nitrogen and oxygen atoms in total. The fourth-order valence-electron chi connectivity index (χ4n) is 3.63. The van der Waals surface area contributed by atoms with Crippen molar-refractivity contribution in [3.8, 4) is 5.69 Å². The van der Waals surface area contributed by atoms with Gasteiger partial charge in [0.05, 0.1) is 11.4 Å². The number of aromatic nitrogens is 2. The molecule has 136 valence electrons. The van der Waals surface area contributed by atoms with E-state index in [0.29, 0.717) is 12.1 Å². The summed E-state index contributed by atoms with van der Waals surface area (Å²) in [6, 6.07) is 7.71. The van der Waals surface area contributed by atoms with Crippen LogP contribution in [0, 0.1) is 19.7 Å². The van der Waals surface area contributed by atoms with Crippen LogP contribution in [-0.2, 0) is 6.54 Å². The van der Waals surface area contributed by atoms with E-state index in [4.69, 9.17) is 0 Å². The van der Waals surface area contributed by atoms with Crippen LogP contribution in [0.15, 0.2) is 24.3 Å². The Morgan fingerprint density at radius 2 is 1.80 bits per heavy atom. The average Bonchev–Trinajstić information content (AvgIpc) is 2.88. The van der Waals surface area contributed by atoms with Gasteiger partial charge in [-0.2, -0.15) is 5.10 Å². The Morgan fingerprint density at radius 3 is 2.40 bits per heavy atom. The first-order valence-corrected chi connectivity index (χ1v) is 9.24. The molecule has 0 saturated carbocycles. The molecular formula is C20H29FN4. The Morgan fingerprint density at radius 1 is 1.16 bits per heavy atom. The third-order valence-electron chi connectivity index (χ3n) is 5.34. The maximum Gasteiger partial charge on any atom is 0.123 e. The van der Waals surface area contributed by atoms with E-state index in [9.17, 15) is 4.39 Å². The summed E-state index contributed by atoms with van der Waals surface area (Å²) in [5.41, 5.74) is 4.30. The molecule has 5 heteroatoms. The number of nitrogens with one attached hydrogen (secondary N) is 1. The molecule has 0 radical (unpaired) electrons. The van der Waals surface area contributed by atoms with Gasteiger partial charge >= 0.3 is 0 Å². The van der Waals surface area contributed by atoms with Crippen LogP contribution in [0.2, 0.25) is 0 Å². The molecule has 0 aliphatic carbocycles. The molecule has 0 unspecified atom stereocenters. The lowest BCUT2D eigenvalue weighted by Crippen LogP contribution is -2.44. The number of hydrogen-bond donors (Lipinski definition) is 1. The minimum Gasteiger partial charge on any atom is -0.310 e. The second kappa shape index (κ2) is 7.67. The van der Waals surface area contributed by atoms with Crippen molar-refractivity contribution in [2.45, 2.75) is 59.2 Å². The minimum absolute atomic E-state index is 0.222. The van der Waals surface area contributed by atoms with Crippen LogP contribution >= 0.6 is 0 Å². The van der Waals surface area contributed by atoms with Crippen molar-refractivity contribution in [1.82, 2.24) is 20.0 Å². The maximum atomic E-state index is 13.1. The zero-order valence-corrected chi connectivity index (χ0v) is 15.7. The van der Waals surface area contributed by atoms with Gasteiger partial charge in [0.15, 0.2) is 0 Å². The molecule has 1 aliphatic heterocycles. The van der Waals surface area contributed by atoms with Crippen molar-refractivity contribution < 1.29 is 4.39 Å². The van der Waals surface area contributed by atoms with E-state index >= 15 is 0 Å². The highest BCUT2D eigenvalue weighted by atomic mass is 19.1. The number of likely N-dealkylation sites (tertiary alicyclic amines) is 1. The molecule has 0 amide bonds. The van der Waals surface area contributed by atoms with Crippen LogP contribution in [0.3, 0.4) is 0 Å². The van der Waals surface area contributed by atoms with Crippen molar-refractivity contribution in [3.05, 3.63) is 47.0 Å². The van der Waals surface area contributed by atoms with Gasteiger partial charge in [-0.3, -0.25) is 0 Å². The smallest absolute Gasteiger partial charge is 0.123 e. The quantitative estimate of drug-likeness (QED) is 0.900. The number of aryl methyl sites for hydroxylation is 1. The normalized spacial score (nSPS) is 16.7. The van der Waals surface area contributed by atoms with Gasteiger partial charge in [0.25, 0.3) is 0 Å². The summed E-state index contributed by atoms with van der Waals surface area (Å²) >= 11 is 0. The van der Waals surface area contributed by atoms with Crippen molar-refractivity contribution in [2.24, 2.45) is 0 Å². The van der Waals surface area contributed by atoms with Crippen LogP contribution in [0.1, 0.15) is 43.6 Å². The Balaban J connectivity index is 1.65. The maximum absolute atomic E-state index is 13.1. The second-order valence-electron chi connectivity index (χ2n) is 7.32. The van der Waals surface area contributed by atoms with E-state index in [1.165, 1.54) is 43.6 Å². The summed E-state index contributed by atoms with van der Waals surface area (Å²) in [5, 5.41) is 8.37. The monoisotopic (exact) mass is 344 g/mol. The molecule has 3 rings (SSSR count). The summed E-state index contributed by atoms with van der Waals surface area (Å²) < 4.78 is 15.1. The summed E-state index contributed by atoms with van der Waals surface area (Å²) in [6.07, 6.45) is 2.39. The number of piperidine rings is 1. The van der Waals surface area contributed by atoms with E-state index in [1.807, 2.05) is 11.6 Å². The Hall–Kier alpha value is -1.72. The number of benzene rings is 1. The standard InChI is InChI=1S/C20H29FN4/c1-14(2)24-11-9-18(10-12-24)22-13-20-15(3)23-25(16(20)4)19-7-5-17(21)6-8-19/h5-8,14,18,22H,9-13H2,1-4H3. The van der Waals surface area contributed by atoms with E-state index < -0.39 is 0 Å². The van der Waals surface area contributed by atoms with Crippen molar-refractivity contribution in [2.75, 3.05) is 13.1 Å². The van der Waals surface area contributed by atoms with E-state index in [-0.39, 0.29) is 5.82 Å². The minimum atomic E-state index is -0.222. The molecule has 1 saturated heterocycles. The van der Waals surface area contributed by atoms with Crippen LogP contribution in [-0.4, -0.2) is 39.9 Å². The first kappa shape index (κ1) is 18.1. The molecule has 25 heavy (non-hydrogen) atoms. The van der Waals surface area contributed by atoms with Crippen LogP contribution < -0.4 is 5.32 Å². The van der Waals surface area contributed by atoms with Crippen LogP contribution in [0.4, 0.5) is 4.39 Å². The van der Waals surface area contributed by atoms with E-state index in [1.54, 1.807) is 12.1 Å². The van der Waals surface area contributed by atoms with Gasteiger partial charge in [-0.15, -0.1) is 0 Å². The Bertz CT molecular complexity index is 697. The van der Waals surface area contributed by atoms with Gasteiger partial charge < -0.3 is 10.2 Å². The number of halogens is 1. The predicted molar refractivity (Wildman–Crippen MR) is 99.6 cm³/mol. The zero-order valence-electron chi connectivity index (χ0n) is 15.7. The van der Waals surface area contributed by atoms with Crippen LogP contribution in [0.5, 0.6) is 0 Å². The van der Waals surface area contributed by atoms with E-state index in [2.05, 4.69) is 36.1 Å². The molecule has 0 bridgehead atoms. The molecule has 1 fully saturated rings. The number of nitrogens with zero attached hydrogens (tertiary/aromatic N) is 3. The van der Waals surface area contributed by atoms with Crippen molar-refractivity contribution in [1.29, 1.82) is 0 Å². The van der Waals surface area contributed by atoms with Gasteiger partial charge in [0, 0.05) is 29.9 Å². The average molecular weight is 344 g/mol. The fraction of sp³-hybridized carbons (Fsp3) is 0.550. The first-order valence-electron chi connectivity index (χ1n) is 9.24. The summed E-state index contributed by atoms with van der Waals surface area (Å²) in [5.74, 6) is -0.222. The Labute approximate surface area is 150 Å². The number of hydrogen-bond acceptors (Lipinski definition) is 3. The highest BCUT2D eigenvalue weighted by molar-refractivity contribution is 5.37. The summed E-state index contributed by atoms with van der Waals surface area (Å²) in [4.78, 5) is 2.54. The van der Waals surface area contributed by atoms with Crippen LogP contribution in [0.25, 0.3) is 5.69 Å². The predicted octanol–water partition coefficient (Wildman–Crippen LogP) is 3.59. The van der Waals surface area contributed by atoms with Crippen molar-refractivity contribution in [3.63, 3.8) is 0 Å². The van der Waals surface area contributed by atoms with E-state index in [0.717, 1.165) is 23.6 Å². The molecule has 1 N–H and O–H groups in total. The van der Waals surface area contributed by atoms with Gasteiger partial charge in [0.1, 0.15) is 5.82 Å². The van der Waals surface area contributed by atoms with Gasteiger partial charge in [0.2, 0.25) is 0 Å². The zero-order chi connectivity index (χ0) is 18.0. The lowest BCUT2D eigenvalue weighted by atomic mass is 10.0. The highest BCUT2D eigenvalue weighted by Crippen LogP contribution is 2.19. The molecule has 2 aromatic rings. The second-order valence-corrected chi connectivity index (χ2v) is 7.32. The summed E-state index contributed by atoms with van der Waals surface area (Å²) in [6.45, 7) is 11.8. The van der Waals surface area contributed by atoms with Gasteiger partial charge in [-0.1, -0.05) is 0 Å². The molecule has 1 aromatic carbocycles. The lowest BCUT2D eigenvalue weighted by Gasteiger charge is -2.35. The molecule has 2 heterocycles. The molecular weight excluding hydrogens is 315 g/mol. The van der Waals surface area contributed by atoms with Gasteiger partial charge in [-0.25, -0.2) is 9.07 Å². The molecule has 1 aliphatic rings. The topological polar surface area (TPSA) is 33.1 Å². The third kappa shape index (κ3) is 4.10. The molecule has 0 spiro atoms. The van der Waals surface area contributed by atoms with Gasteiger partial charge in [-0.05, 0) is 77.9 Å². The first-order chi connectivity index (χ1) is 12.0. The largest absolute Gasteiger partial charge is 0.310 e. The van der Waals surface area contributed by atoms with Crippen molar-refractivity contribution >= 4 is 0 Å². The highest BCUT2D eigenvalue weighted by Gasteiger charge is 2.21. The third-order valence-corrected chi connectivity index (χ3v) is 5.34. The molecule has 1 aromatic heterocycles. The number of rotatable bonds is 5. The Kier molecular flexibility index (Phi) is 5.54. The fourth-order valence-corrected chi connectivity index (χ4v) is 3.63. The molecule has 0 atom stereocenters.